The molecule has 144 valence electrons. The van der Waals surface area contributed by atoms with Crippen LogP contribution >= 0.6 is 11.3 Å². The summed E-state index contributed by atoms with van der Waals surface area (Å²) in [6.07, 6.45) is 0. The van der Waals surface area contributed by atoms with Gasteiger partial charge in [-0.3, -0.25) is 4.79 Å². The summed E-state index contributed by atoms with van der Waals surface area (Å²) in [6.45, 7) is 6.35. The lowest BCUT2D eigenvalue weighted by Gasteiger charge is -2.34. The highest BCUT2D eigenvalue weighted by Crippen LogP contribution is 2.20. The summed E-state index contributed by atoms with van der Waals surface area (Å²) < 4.78 is 5.30. The van der Waals surface area contributed by atoms with E-state index in [9.17, 15) is 9.59 Å². The maximum absolute atomic E-state index is 12.7. The van der Waals surface area contributed by atoms with Crippen molar-refractivity contribution in [1.29, 1.82) is 0 Å². The van der Waals surface area contributed by atoms with E-state index in [1.54, 1.807) is 23.0 Å². The van der Waals surface area contributed by atoms with E-state index < -0.39 is 0 Å². The van der Waals surface area contributed by atoms with Crippen molar-refractivity contribution < 1.29 is 14.3 Å². The summed E-state index contributed by atoms with van der Waals surface area (Å²) in [5.74, 6) is 0.669. The van der Waals surface area contributed by atoms with Crippen molar-refractivity contribution in [3.05, 3.63) is 45.4 Å². The smallest absolute Gasteiger partial charge is 0.317 e. The normalized spacial score (nSPS) is 14.2. The number of methoxy groups -OCH3 is 1. The Kier molecular flexibility index (Phi) is 5.95. The predicted octanol–water partition coefficient (Wildman–Crippen LogP) is 2.44. The third-order valence-corrected chi connectivity index (χ3v) is 5.53. The van der Waals surface area contributed by atoms with Crippen LogP contribution in [0, 0.1) is 13.8 Å². The highest BCUT2D eigenvalue weighted by molar-refractivity contribution is 7.09. The zero-order chi connectivity index (χ0) is 19.4. The molecule has 2 aromatic rings. The maximum atomic E-state index is 12.7. The molecule has 0 aliphatic carbocycles. The van der Waals surface area contributed by atoms with Gasteiger partial charge in [0, 0.05) is 42.8 Å². The minimum Gasteiger partial charge on any atom is -0.496 e. The molecule has 1 aliphatic rings. The molecule has 0 bridgehead atoms. The second-order valence-corrected chi connectivity index (χ2v) is 7.45. The number of carbonyl (C=O) groups excluding carboxylic acids is 2. The van der Waals surface area contributed by atoms with Crippen LogP contribution < -0.4 is 10.1 Å². The summed E-state index contributed by atoms with van der Waals surface area (Å²) in [4.78, 5) is 32.9. The Hall–Kier alpha value is -2.61. The van der Waals surface area contributed by atoms with Gasteiger partial charge >= 0.3 is 6.03 Å². The number of piperazine rings is 1. The zero-order valence-electron chi connectivity index (χ0n) is 15.8. The van der Waals surface area contributed by atoms with E-state index in [1.807, 2.05) is 31.4 Å². The van der Waals surface area contributed by atoms with Crippen LogP contribution in [-0.2, 0) is 6.54 Å². The Bertz CT molecular complexity index is 828. The van der Waals surface area contributed by atoms with E-state index >= 15 is 0 Å². The molecular weight excluding hydrogens is 364 g/mol. The second-order valence-electron chi connectivity index (χ2n) is 6.50. The fourth-order valence-electron chi connectivity index (χ4n) is 3.00. The molecule has 0 unspecified atom stereocenters. The van der Waals surface area contributed by atoms with Gasteiger partial charge in [0.25, 0.3) is 5.91 Å². The predicted molar refractivity (Wildman–Crippen MR) is 104 cm³/mol. The molecule has 3 amide bonds. The number of aromatic nitrogens is 1. The minimum atomic E-state index is -0.119. The average molecular weight is 388 g/mol. The van der Waals surface area contributed by atoms with Crippen LogP contribution in [0.3, 0.4) is 0 Å². The van der Waals surface area contributed by atoms with Crippen molar-refractivity contribution in [3.63, 3.8) is 0 Å². The average Bonchev–Trinajstić information content (AvgIpc) is 3.11. The first kappa shape index (κ1) is 19.2. The van der Waals surface area contributed by atoms with E-state index in [0.717, 1.165) is 16.3 Å². The van der Waals surface area contributed by atoms with Gasteiger partial charge in [-0.1, -0.05) is 6.07 Å². The van der Waals surface area contributed by atoms with Gasteiger partial charge in [0.2, 0.25) is 0 Å². The van der Waals surface area contributed by atoms with Crippen LogP contribution in [0.4, 0.5) is 4.79 Å². The van der Waals surface area contributed by atoms with Gasteiger partial charge in [-0.25, -0.2) is 9.78 Å². The molecular formula is C19H24N4O3S. The van der Waals surface area contributed by atoms with Crippen molar-refractivity contribution in [2.45, 2.75) is 20.4 Å². The Labute approximate surface area is 162 Å². The van der Waals surface area contributed by atoms with Gasteiger partial charge in [0.05, 0.1) is 13.7 Å². The number of rotatable bonds is 4. The Morgan fingerprint density at radius 2 is 1.89 bits per heavy atom. The number of ether oxygens (including phenoxy) is 1. The number of aryl methyl sites for hydroxylation is 2. The highest BCUT2D eigenvalue weighted by atomic mass is 32.1. The number of carbonyl (C=O) groups is 2. The Balaban J connectivity index is 1.52. The van der Waals surface area contributed by atoms with Crippen LogP contribution in [-0.4, -0.2) is 60.0 Å². The SMILES string of the molecule is COc1cc(C(=O)N2CCN(C(=O)NCc3nc(C)cs3)CC2)ccc1C. The first-order valence-corrected chi connectivity index (χ1v) is 9.73. The number of amides is 3. The molecule has 1 N–H and O–H groups in total. The van der Waals surface area contributed by atoms with E-state index in [0.29, 0.717) is 44.0 Å². The molecule has 1 saturated heterocycles. The summed E-state index contributed by atoms with van der Waals surface area (Å²) >= 11 is 1.54. The molecule has 1 aromatic carbocycles. The van der Waals surface area contributed by atoms with Crippen molar-refractivity contribution >= 4 is 23.3 Å². The minimum absolute atomic E-state index is 0.0355. The molecule has 0 saturated carbocycles. The van der Waals surface area contributed by atoms with Gasteiger partial charge in [0.1, 0.15) is 10.8 Å². The summed E-state index contributed by atoms with van der Waals surface area (Å²) in [5.41, 5.74) is 2.56. The summed E-state index contributed by atoms with van der Waals surface area (Å²) in [5, 5.41) is 5.75. The van der Waals surface area contributed by atoms with Gasteiger partial charge < -0.3 is 19.9 Å². The lowest BCUT2D eigenvalue weighted by atomic mass is 10.1. The van der Waals surface area contributed by atoms with Gasteiger partial charge in [0.15, 0.2) is 0 Å². The molecule has 8 heteroatoms. The van der Waals surface area contributed by atoms with Crippen LogP contribution in [0.1, 0.15) is 26.6 Å². The number of urea groups is 1. The maximum Gasteiger partial charge on any atom is 0.317 e. The first-order chi connectivity index (χ1) is 13.0. The van der Waals surface area contributed by atoms with Crippen LogP contribution in [0.2, 0.25) is 0 Å². The highest BCUT2D eigenvalue weighted by Gasteiger charge is 2.25. The fourth-order valence-corrected chi connectivity index (χ4v) is 3.71. The standard InChI is InChI=1S/C19H24N4O3S/c1-13-4-5-15(10-16(13)26-3)18(24)22-6-8-23(9-7-22)19(25)20-11-17-21-14(2)12-27-17/h4-5,10,12H,6-9,11H2,1-3H3,(H,20,25). The Morgan fingerprint density at radius 3 is 2.52 bits per heavy atom. The van der Waals surface area contributed by atoms with E-state index in [1.165, 1.54) is 11.3 Å². The Morgan fingerprint density at radius 1 is 1.19 bits per heavy atom. The lowest BCUT2D eigenvalue weighted by molar-refractivity contribution is 0.0664. The third kappa shape index (κ3) is 4.57. The number of benzene rings is 1. The summed E-state index contributed by atoms with van der Waals surface area (Å²) in [6, 6.07) is 5.35. The van der Waals surface area contributed by atoms with Crippen LogP contribution in [0.25, 0.3) is 0 Å². The number of hydrogen-bond acceptors (Lipinski definition) is 5. The monoisotopic (exact) mass is 388 g/mol. The molecule has 27 heavy (non-hydrogen) atoms. The van der Waals surface area contributed by atoms with Crippen molar-refractivity contribution in [3.8, 4) is 5.75 Å². The summed E-state index contributed by atoms with van der Waals surface area (Å²) in [7, 11) is 1.60. The molecule has 1 aliphatic heterocycles. The van der Waals surface area contributed by atoms with Gasteiger partial charge in [-0.15, -0.1) is 11.3 Å². The molecule has 0 radical (unpaired) electrons. The van der Waals surface area contributed by atoms with Crippen LogP contribution in [0.15, 0.2) is 23.6 Å². The van der Waals surface area contributed by atoms with E-state index in [-0.39, 0.29) is 11.9 Å². The van der Waals surface area contributed by atoms with Crippen molar-refractivity contribution in [2.75, 3.05) is 33.3 Å². The quantitative estimate of drug-likeness (QED) is 0.873. The second kappa shape index (κ2) is 8.39. The van der Waals surface area contributed by atoms with Crippen molar-refractivity contribution in [1.82, 2.24) is 20.1 Å². The number of thiazole rings is 1. The number of hydrogen-bond donors (Lipinski definition) is 1. The molecule has 0 atom stereocenters. The molecule has 3 rings (SSSR count). The van der Waals surface area contributed by atoms with E-state index in [4.69, 9.17) is 4.74 Å². The molecule has 0 spiro atoms. The molecule has 1 aromatic heterocycles. The van der Waals surface area contributed by atoms with Crippen LogP contribution in [0.5, 0.6) is 5.75 Å². The topological polar surface area (TPSA) is 74.8 Å². The molecule has 7 nitrogen and oxygen atoms in total. The molecule has 1 fully saturated rings. The third-order valence-electron chi connectivity index (χ3n) is 4.57. The first-order valence-electron chi connectivity index (χ1n) is 8.85. The van der Waals surface area contributed by atoms with E-state index in [2.05, 4.69) is 10.3 Å². The number of nitrogens with zero attached hydrogens (tertiary/aromatic N) is 3. The molecule has 2 heterocycles. The van der Waals surface area contributed by atoms with Crippen molar-refractivity contribution in [2.24, 2.45) is 0 Å². The zero-order valence-corrected chi connectivity index (χ0v) is 16.6. The fraction of sp³-hybridized carbons (Fsp3) is 0.421. The van der Waals surface area contributed by atoms with Gasteiger partial charge in [-0.2, -0.15) is 0 Å². The number of nitrogens with one attached hydrogen (secondary N) is 1. The van der Waals surface area contributed by atoms with Gasteiger partial charge in [-0.05, 0) is 31.5 Å². The largest absolute Gasteiger partial charge is 0.496 e. The lowest BCUT2D eigenvalue weighted by Crippen LogP contribution is -2.53.